The van der Waals surface area contributed by atoms with Gasteiger partial charge in [-0.3, -0.25) is 0 Å². The van der Waals surface area contributed by atoms with Crippen LogP contribution in [-0.4, -0.2) is 5.88 Å². The van der Waals surface area contributed by atoms with Gasteiger partial charge >= 0.3 is 0 Å². The molecule has 0 aliphatic heterocycles. The third kappa shape index (κ3) is 3.50. The number of hydrogen-bond donors (Lipinski definition) is 0. The van der Waals surface area contributed by atoms with Gasteiger partial charge in [0, 0.05) is 5.88 Å². The van der Waals surface area contributed by atoms with Crippen LogP contribution >= 0.6 is 11.6 Å². The second-order valence-corrected chi connectivity index (χ2v) is 5.32. The fraction of sp³-hybridized carbons (Fsp3) is 1.00. The Morgan fingerprint density at radius 3 is 2.38 bits per heavy atom. The van der Waals surface area contributed by atoms with Crippen LogP contribution in [0.1, 0.15) is 58.8 Å². The van der Waals surface area contributed by atoms with E-state index in [1.165, 1.54) is 44.9 Å². The van der Waals surface area contributed by atoms with Gasteiger partial charge < -0.3 is 0 Å². The van der Waals surface area contributed by atoms with Crippen LogP contribution in [0.3, 0.4) is 0 Å². The Kier molecular flexibility index (Phi) is 4.58. The number of alkyl halides is 1. The summed E-state index contributed by atoms with van der Waals surface area (Å²) >= 11 is 6.07. The molecule has 1 unspecified atom stereocenters. The average Bonchev–Trinajstić information content (AvgIpc) is 2.57. The Hall–Kier alpha value is 0.290. The van der Waals surface area contributed by atoms with Crippen LogP contribution in [0, 0.1) is 11.3 Å². The molecule has 0 radical (unpaired) electrons. The summed E-state index contributed by atoms with van der Waals surface area (Å²) in [6.07, 6.45) is 9.75. The zero-order chi connectivity index (χ0) is 9.73. The van der Waals surface area contributed by atoms with Gasteiger partial charge in [-0.2, -0.15) is 0 Å². The van der Waals surface area contributed by atoms with Crippen LogP contribution in [0.2, 0.25) is 0 Å². The van der Waals surface area contributed by atoms with E-state index in [0.29, 0.717) is 5.41 Å². The van der Waals surface area contributed by atoms with E-state index < -0.39 is 0 Å². The summed E-state index contributed by atoms with van der Waals surface area (Å²) < 4.78 is 0. The smallest absolute Gasteiger partial charge is 0.0277 e. The zero-order valence-electron chi connectivity index (χ0n) is 9.11. The summed E-state index contributed by atoms with van der Waals surface area (Å²) in [5, 5.41) is 0. The van der Waals surface area contributed by atoms with Gasteiger partial charge in [0.05, 0.1) is 0 Å². The van der Waals surface area contributed by atoms with Crippen LogP contribution in [0.5, 0.6) is 0 Å². The molecule has 1 saturated carbocycles. The minimum absolute atomic E-state index is 0.422. The molecule has 1 fully saturated rings. The maximum Gasteiger partial charge on any atom is 0.0277 e. The van der Waals surface area contributed by atoms with Gasteiger partial charge in [0.2, 0.25) is 0 Å². The summed E-state index contributed by atoms with van der Waals surface area (Å²) in [7, 11) is 0. The quantitative estimate of drug-likeness (QED) is 0.571. The maximum atomic E-state index is 6.07. The molecule has 0 aromatic rings. The summed E-state index contributed by atoms with van der Waals surface area (Å²) in [6, 6.07) is 0. The van der Waals surface area contributed by atoms with Gasteiger partial charge in [0.15, 0.2) is 0 Å². The molecule has 0 spiro atoms. The second kappa shape index (κ2) is 5.24. The fourth-order valence-electron chi connectivity index (χ4n) is 2.74. The van der Waals surface area contributed by atoms with E-state index in [1.807, 2.05) is 0 Å². The van der Waals surface area contributed by atoms with Crippen LogP contribution < -0.4 is 0 Å². The Morgan fingerprint density at radius 1 is 1.31 bits per heavy atom. The molecule has 0 nitrogen and oxygen atoms in total. The molecule has 13 heavy (non-hydrogen) atoms. The highest BCUT2D eigenvalue weighted by atomic mass is 35.5. The molecule has 78 valence electrons. The first kappa shape index (κ1) is 11.4. The lowest BCUT2D eigenvalue weighted by atomic mass is 9.78. The van der Waals surface area contributed by atoms with Crippen molar-refractivity contribution in [3.8, 4) is 0 Å². The van der Waals surface area contributed by atoms with E-state index in [0.717, 1.165) is 11.8 Å². The third-order valence-corrected chi connectivity index (χ3v) is 4.08. The van der Waals surface area contributed by atoms with E-state index in [-0.39, 0.29) is 0 Å². The predicted molar refractivity (Wildman–Crippen MR) is 60.3 cm³/mol. The van der Waals surface area contributed by atoms with Crippen molar-refractivity contribution < 1.29 is 0 Å². The minimum atomic E-state index is 0.422. The Morgan fingerprint density at radius 2 is 1.92 bits per heavy atom. The monoisotopic (exact) mass is 202 g/mol. The van der Waals surface area contributed by atoms with E-state index in [2.05, 4.69) is 13.8 Å². The van der Waals surface area contributed by atoms with E-state index in [1.54, 1.807) is 0 Å². The fourth-order valence-corrected chi connectivity index (χ4v) is 2.98. The average molecular weight is 203 g/mol. The number of rotatable bonds is 5. The van der Waals surface area contributed by atoms with Crippen molar-refractivity contribution in [1.29, 1.82) is 0 Å². The van der Waals surface area contributed by atoms with Crippen molar-refractivity contribution in [3.05, 3.63) is 0 Å². The molecule has 1 heteroatoms. The molecule has 0 aromatic heterocycles. The highest BCUT2D eigenvalue weighted by Crippen LogP contribution is 2.39. The molecule has 1 aliphatic rings. The van der Waals surface area contributed by atoms with Crippen molar-refractivity contribution in [2.45, 2.75) is 58.8 Å². The molecule has 0 N–H and O–H groups in total. The first-order valence-electron chi connectivity index (χ1n) is 5.76. The second-order valence-electron chi connectivity index (χ2n) is 5.05. The SMILES string of the molecule is CCCC(C)(CCl)CC1CCCC1. The highest BCUT2D eigenvalue weighted by molar-refractivity contribution is 6.18. The van der Waals surface area contributed by atoms with Crippen molar-refractivity contribution >= 4 is 11.6 Å². The first-order valence-corrected chi connectivity index (χ1v) is 6.29. The van der Waals surface area contributed by atoms with Crippen LogP contribution in [0.25, 0.3) is 0 Å². The highest BCUT2D eigenvalue weighted by Gasteiger charge is 2.27. The lowest BCUT2D eigenvalue weighted by molar-refractivity contribution is 0.251. The molecular weight excluding hydrogens is 180 g/mol. The minimum Gasteiger partial charge on any atom is -0.126 e. The van der Waals surface area contributed by atoms with Gasteiger partial charge in [0.25, 0.3) is 0 Å². The van der Waals surface area contributed by atoms with Crippen molar-refractivity contribution in [1.82, 2.24) is 0 Å². The Bertz CT molecular complexity index is 138. The molecule has 1 atom stereocenters. The predicted octanol–water partition coefficient (Wildman–Crippen LogP) is 4.61. The van der Waals surface area contributed by atoms with Gasteiger partial charge in [-0.15, -0.1) is 11.6 Å². The lowest BCUT2D eigenvalue weighted by Gasteiger charge is -2.29. The largest absolute Gasteiger partial charge is 0.126 e. The molecule has 0 saturated heterocycles. The van der Waals surface area contributed by atoms with Crippen molar-refractivity contribution in [2.75, 3.05) is 5.88 Å². The van der Waals surface area contributed by atoms with Gasteiger partial charge in [-0.25, -0.2) is 0 Å². The summed E-state index contributed by atoms with van der Waals surface area (Å²) in [4.78, 5) is 0. The molecule has 0 amide bonds. The van der Waals surface area contributed by atoms with Gasteiger partial charge in [0.1, 0.15) is 0 Å². The summed E-state index contributed by atoms with van der Waals surface area (Å²) in [5.41, 5.74) is 0.422. The number of hydrogen-bond acceptors (Lipinski definition) is 0. The summed E-state index contributed by atoms with van der Waals surface area (Å²) in [5.74, 6) is 1.83. The Balaban J connectivity index is 2.36. The van der Waals surface area contributed by atoms with Crippen LogP contribution in [-0.2, 0) is 0 Å². The number of halogens is 1. The lowest BCUT2D eigenvalue weighted by Crippen LogP contribution is -2.21. The molecule has 0 aromatic carbocycles. The Labute approximate surface area is 88.1 Å². The molecule has 1 aliphatic carbocycles. The standard InChI is InChI=1S/C12H23Cl/c1-3-8-12(2,10-13)9-11-6-4-5-7-11/h11H,3-10H2,1-2H3. The van der Waals surface area contributed by atoms with Gasteiger partial charge in [-0.05, 0) is 24.2 Å². The van der Waals surface area contributed by atoms with E-state index >= 15 is 0 Å². The normalized spacial score (nSPS) is 23.3. The van der Waals surface area contributed by atoms with E-state index in [9.17, 15) is 0 Å². The van der Waals surface area contributed by atoms with Crippen LogP contribution in [0.15, 0.2) is 0 Å². The third-order valence-electron chi connectivity index (χ3n) is 3.43. The maximum absolute atomic E-state index is 6.07. The first-order chi connectivity index (χ1) is 6.20. The van der Waals surface area contributed by atoms with E-state index in [4.69, 9.17) is 11.6 Å². The van der Waals surface area contributed by atoms with Crippen LogP contribution in [0.4, 0.5) is 0 Å². The molecule has 0 heterocycles. The van der Waals surface area contributed by atoms with Crippen molar-refractivity contribution in [2.24, 2.45) is 11.3 Å². The molecule has 0 bridgehead atoms. The zero-order valence-corrected chi connectivity index (χ0v) is 9.87. The molecule has 1 rings (SSSR count). The van der Waals surface area contributed by atoms with Crippen molar-refractivity contribution in [3.63, 3.8) is 0 Å². The molecular formula is C12H23Cl. The van der Waals surface area contributed by atoms with Gasteiger partial charge in [-0.1, -0.05) is 46.0 Å². The summed E-state index contributed by atoms with van der Waals surface area (Å²) in [6.45, 7) is 4.63. The topological polar surface area (TPSA) is 0 Å².